The number of aromatic hydroxyl groups is 1. The van der Waals surface area contributed by atoms with Gasteiger partial charge in [0.25, 0.3) is 0 Å². The van der Waals surface area contributed by atoms with Gasteiger partial charge in [0.2, 0.25) is 0 Å². The van der Waals surface area contributed by atoms with Crippen molar-refractivity contribution in [1.29, 1.82) is 0 Å². The highest BCUT2D eigenvalue weighted by Gasteiger charge is 2.45. The van der Waals surface area contributed by atoms with Crippen LogP contribution in [-0.2, 0) is 12.8 Å². The molecule has 2 aromatic heterocycles. The van der Waals surface area contributed by atoms with Crippen LogP contribution >= 0.6 is 0 Å². The third-order valence-electron chi connectivity index (χ3n) is 10.7. The Kier molecular flexibility index (Phi) is 6.85. The third kappa shape index (κ3) is 4.41. The first-order valence-electron chi connectivity index (χ1n) is 16.4. The van der Waals surface area contributed by atoms with Gasteiger partial charge in [0.05, 0.1) is 16.6 Å². The zero-order chi connectivity index (χ0) is 30.0. The molecule has 1 atom stereocenters. The second-order valence-electron chi connectivity index (χ2n) is 13.2. The summed E-state index contributed by atoms with van der Waals surface area (Å²) in [5.74, 6) is -0.251. The number of rotatable bonds is 5. The van der Waals surface area contributed by atoms with Gasteiger partial charge in [-0.3, -0.25) is 4.90 Å². The second kappa shape index (κ2) is 10.8. The Morgan fingerprint density at radius 2 is 1.80 bits per heavy atom. The molecule has 0 radical (unpaired) electrons. The Morgan fingerprint density at radius 3 is 2.61 bits per heavy atom. The van der Waals surface area contributed by atoms with Crippen molar-refractivity contribution in [2.24, 2.45) is 0 Å². The van der Waals surface area contributed by atoms with Gasteiger partial charge in [0.15, 0.2) is 5.82 Å². The minimum atomic E-state index is -0.592. The van der Waals surface area contributed by atoms with Crippen LogP contribution in [0, 0.1) is 11.6 Å². The first kappa shape index (κ1) is 27.9. The Morgan fingerprint density at radius 1 is 0.955 bits per heavy atom. The normalized spacial score (nSPS) is 21.3. The average molecular weight is 600 g/mol. The Labute approximate surface area is 256 Å². The van der Waals surface area contributed by atoms with E-state index in [-0.39, 0.29) is 40.4 Å². The zero-order valence-corrected chi connectivity index (χ0v) is 25.3. The van der Waals surface area contributed by atoms with Gasteiger partial charge in [-0.15, -0.1) is 0 Å². The van der Waals surface area contributed by atoms with E-state index in [2.05, 4.69) is 9.80 Å². The van der Waals surface area contributed by atoms with Gasteiger partial charge >= 0.3 is 6.01 Å². The fraction of sp³-hybridized carbons (Fsp3) is 0.514. The molecule has 44 heavy (non-hydrogen) atoms. The number of aryl methyl sites for hydroxylation is 2. The van der Waals surface area contributed by atoms with Crippen LogP contribution in [0.2, 0.25) is 0 Å². The fourth-order valence-corrected chi connectivity index (χ4v) is 8.59. The summed E-state index contributed by atoms with van der Waals surface area (Å²) in [6, 6.07) is 6.61. The van der Waals surface area contributed by atoms with E-state index in [9.17, 15) is 5.11 Å². The average Bonchev–Trinajstić information content (AvgIpc) is 3.46. The lowest BCUT2D eigenvalue weighted by atomic mass is 9.94. The number of aromatic nitrogens is 3. The Hall–Kier alpha value is -3.59. The van der Waals surface area contributed by atoms with Crippen molar-refractivity contribution in [3.8, 4) is 23.0 Å². The number of hydrogen-bond acceptors (Lipinski definition) is 7. The number of ether oxygens (including phenoxy) is 1. The zero-order valence-electron chi connectivity index (χ0n) is 25.3. The number of hydrogen-bond donors (Lipinski definition) is 1. The highest BCUT2D eigenvalue weighted by atomic mass is 19.1. The van der Waals surface area contributed by atoms with E-state index in [1.54, 1.807) is 12.1 Å². The molecular formula is C35H39F2N5O2. The summed E-state index contributed by atoms with van der Waals surface area (Å²) < 4.78 is 38.5. The molecular weight excluding hydrogens is 560 g/mol. The summed E-state index contributed by atoms with van der Waals surface area (Å²) in [7, 11) is 0. The largest absolute Gasteiger partial charge is 0.508 e. The molecule has 3 saturated heterocycles. The number of pyridine rings is 1. The van der Waals surface area contributed by atoms with Gasteiger partial charge in [0.1, 0.15) is 35.2 Å². The van der Waals surface area contributed by atoms with Crippen LogP contribution in [-0.4, -0.2) is 62.8 Å². The topological polar surface area (TPSA) is 74.6 Å². The van der Waals surface area contributed by atoms with Crippen LogP contribution in [0.15, 0.2) is 24.3 Å². The van der Waals surface area contributed by atoms with Crippen molar-refractivity contribution in [1.82, 2.24) is 19.9 Å². The lowest BCUT2D eigenvalue weighted by Gasteiger charge is -2.32. The van der Waals surface area contributed by atoms with E-state index in [0.29, 0.717) is 46.7 Å². The summed E-state index contributed by atoms with van der Waals surface area (Å²) in [5, 5.41) is 12.6. The van der Waals surface area contributed by atoms with Gasteiger partial charge in [0, 0.05) is 18.2 Å². The summed E-state index contributed by atoms with van der Waals surface area (Å²) in [6.45, 7) is 5.41. The highest BCUT2D eigenvalue weighted by molar-refractivity contribution is 6.02. The molecule has 4 aromatic rings. The van der Waals surface area contributed by atoms with Crippen molar-refractivity contribution < 1.29 is 18.6 Å². The van der Waals surface area contributed by atoms with Gasteiger partial charge < -0.3 is 14.7 Å². The van der Waals surface area contributed by atoms with Crippen molar-refractivity contribution in [3.05, 3.63) is 47.2 Å². The minimum Gasteiger partial charge on any atom is -0.508 e. The van der Waals surface area contributed by atoms with Gasteiger partial charge in [-0.2, -0.15) is 9.97 Å². The van der Waals surface area contributed by atoms with Gasteiger partial charge in [-0.25, -0.2) is 13.8 Å². The maximum atomic E-state index is 17.0. The minimum absolute atomic E-state index is 0.00575. The maximum Gasteiger partial charge on any atom is 0.319 e. The molecule has 3 fully saturated rings. The maximum absolute atomic E-state index is 17.0. The van der Waals surface area contributed by atoms with Gasteiger partial charge in [-0.05, 0) is 105 Å². The summed E-state index contributed by atoms with van der Waals surface area (Å²) in [5.41, 5.74) is 1.87. The molecule has 2 aromatic carbocycles. The molecule has 1 unspecified atom stereocenters. The molecule has 0 bridgehead atoms. The molecule has 4 aliphatic heterocycles. The van der Waals surface area contributed by atoms with Gasteiger partial charge in [-0.1, -0.05) is 25.8 Å². The van der Waals surface area contributed by atoms with E-state index in [1.807, 2.05) is 6.92 Å². The van der Waals surface area contributed by atoms with Crippen molar-refractivity contribution in [3.63, 3.8) is 0 Å². The van der Waals surface area contributed by atoms with Crippen molar-refractivity contribution >= 4 is 27.5 Å². The molecule has 0 spiro atoms. The highest BCUT2D eigenvalue weighted by Crippen LogP contribution is 2.43. The predicted molar refractivity (Wildman–Crippen MR) is 167 cm³/mol. The number of nitrogens with zero attached hydrogens (tertiary/aromatic N) is 5. The number of phenolic OH excluding ortho intramolecular Hbond substituents is 1. The van der Waals surface area contributed by atoms with Crippen LogP contribution in [0.5, 0.6) is 11.8 Å². The van der Waals surface area contributed by atoms with Crippen LogP contribution in [0.25, 0.3) is 32.9 Å². The van der Waals surface area contributed by atoms with E-state index in [0.717, 1.165) is 82.5 Å². The van der Waals surface area contributed by atoms with E-state index in [1.165, 1.54) is 18.6 Å². The molecule has 4 aliphatic rings. The number of phenols is 1. The number of anilines is 1. The lowest BCUT2D eigenvalue weighted by molar-refractivity contribution is 0.108. The summed E-state index contributed by atoms with van der Waals surface area (Å²) in [4.78, 5) is 19.6. The standard InChI is InChI=1S/C35H39F2N5O2/c1-2-24-26(36)11-9-21-18-23(43)19-25(28(21)24)31-30(37)32-29-27(38-31)12-10-22-8-4-3-5-17-42(22)33(29)40-34(39-32)44-20-35-13-6-15-41(35)16-7-14-35/h9,11,18-19,22,43H,2-8,10,12-17,20H2,1H3. The fourth-order valence-electron chi connectivity index (χ4n) is 8.59. The van der Waals surface area contributed by atoms with E-state index in [4.69, 9.17) is 19.7 Å². The second-order valence-corrected chi connectivity index (χ2v) is 13.2. The smallest absolute Gasteiger partial charge is 0.319 e. The number of halogens is 2. The van der Waals surface area contributed by atoms with Crippen LogP contribution in [0.1, 0.15) is 76.0 Å². The molecule has 0 aliphatic carbocycles. The molecule has 9 heteroatoms. The SMILES string of the molecule is CCc1c(F)ccc2cc(O)cc(-c3nc4c5c(nc(OCC67CCCN6CCC7)nc5c3F)N3CCCCCC3CC4)c12. The Bertz CT molecular complexity index is 1770. The van der Waals surface area contributed by atoms with Crippen LogP contribution in [0.3, 0.4) is 0 Å². The van der Waals surface area contributed by atoms with Crippen LogP contribution in [0.4, 0.5) is 14.6 Å². The van der Waals surface area contributed by atoms with Crippen molar-refractivity contribution in [2.75, 3.05) is 31.1 Å². The number of fused-ring (bicyclic) bond motifs is 4. The molecule has 1 N–H and O–H groups in total. The Balaban J connectivity index is 1.34. The van der Waals surface area contributed by atoms with E-state index >= 15 is 8.78 Å². The number of benzene rings is 2. The molecule has 7 nitrogen and oxygen atoms in total. The molecule has 230 valence electrons. The molecule has 0 amide bonds. The van der Waals surface area contributed by atoms with Crippen LogP contribution < -0.4 is 9.64 Å². The summed E-state index contributed by atoms with van der Waals surface area (Å²) >= 11 is 0. The molecule has 6 heterocycles. The first-order chi connectivity index (χ1) is 21.5. The first-order valence-corrected chi connectivity index (χ1v) is 16.4. The monoisotopic (exact) mass is 599 g/mol. The van der Waals surface area contributed by atoms with E-state index < -0.39 is 5.82 Å². The predicted octanol–water partition coefficient (Wildman–Crippen LogP) is 7.09. The van der Waals surface area contributed by atoms with Crippen molar-refractivity contribution in [2.45, 2.75) is 89.1 Å². The molecule has 8 rings (SSSR count). The summed E-state index contributed by atoms with van der Waals surface area (Å²) in [6.07, 6.45) is 10.9. The molecule has 0 saturated carbocycles. The lowest BCUT2D eigenvalue weighted by Crippen LogP contribution is -2.43. The quantitative estimate of drug-likeness (QED) is 0.262. The third-order valence-corrected chi connectivity index (χ3v) is 10.7.